The van der Waals surface area contributed by atoms with Crippen LogP contribution in [0.5, 0.6) is 0 Å². The fourth-order valence-electron chi connectivity index (χ4n) is 3.74. The average molecular weight is 477 g/mol. The zero-order chi connectivity index (χ0) is 24.9. The third kappa shape index (κ3) is 6.80. The molecule has 1 heterocycles. The number of hydrogen-bond donors (Lipinski definition) is 0. The molecule has 34 heavy (non-hydrogen) atoms. The van der Waals surface area contributed by atoms with Crippen molar-refractivity contribution in [3.63, 3.8) is 0 Å². The Morgan fingerprint density at radius 2 is 1.44 bits per heavy atom. The van der Waals surface area contributed by atoms with Crippen LogP contribution in [0.3, 0.4) is 0 Å². The Morgan fingerprint density at radius 3 is 1.97 bits per heavy atom. The molecule has 0 fully saturated rings. The summed E-state index contributed by atoms with van der Waals surface area (Å²) in [6, 6.07) is 21.8. The van der Waals surface area contributed by atoms with Crippen molar-refractivity contribution >= 4 is 23.2 Å². The molecule has 2 amide bonds. The lowest BCUT2D eigenvalue weighted by Crippen LogP contribution is -2.51. The van der Waals surface area contributed by atoms with E-state index < -0.39 is 5.54 Å². The highest BCUT2D eigenvalue weighted by Gasteiger charge is 2.31. The zero-order valence-corrected chi connectivity index (χ0v) is 22.0. The molecule has 180 valence electrons. The molecule has 3 rings (SSSR count). The van der Waals surface area contributed by atoms with E-state index in [-0.39, 0.29) is 23.8 Å². The molecular formula is C29H36N2O2S. The van der Waals surface area contributed by atoms with E-state index in [4.69, 9.17) is 0 Å². The van der Waals surface area contributed by atoms with Crippen molar-refractivity contribution in [2.75, 3.05) is 6.54 Å². The van der Waals surface area contributed by atoms with Gasteiger partial charge in [-0.2, -0.15) is 0 Å². The van der Waals surface area contributed by atoms with Crippen LogP contribution in [0, 0.1) is 0 Å². The van der Waals surface area contributed by atoms with Crippen LogP contribution >= 0.6 is 11.3 Å². The number of hydrogen-bond acceptors (Lipinski definition) is 3. The zero-order valence-electron chi connectivity index (χ0n) is 21.2. The van der Waals surface area contributed by atoms with Crippen molar-refractivity contribution in [1.29, 1.82) is 0 Å². The molecule has 1 aromatic heterocycles. The Labute approximate surface area is 208 Å². The molecule has 3 aromatic rings. The molecule has 5 heteroatoms. The Morgan fingerprint density at radius 1 is 0.794 bits per heavy atom. The highest BCUT2D eigenvalue weighted by Crippen LogP contribution is 2.24. The van der Waals surface area contributed by atoms with E-state index in [1.807, 2.05) is 97.8 Å². The maximum absolute atomic E-state index is 13.6. The number of carbonyl (C=O) groups excluding carboxylic acids is 2. The summed E-state index contributed by atoms with van der Waals surface area (Å²) in [4.78, 5) is 31.8. The maximum Gasteiger partial charge on any atom is 0.254 e. The molecule has 0 unspecified atom stereocenters. The van der Waals surface area contributed by atoms with E-state index in [2.05, 4.69) is 20.8 Å². The van der Waals surface area contributed by atoms with Crippen molar-refractivity contribution in [2.45, 2.75) is 65.6 Å². The van der Waals surface area contributed by atoms with Gasteiger partial charge in [0.05, 0.1) is 6.54 Å². The summed E-state index contributed by atoms with van der Waals surface area (Å²) >= 11 is 1.64. The highest BCUT2D eigenvalue weighted by molar-refractivity contribution is 7.09. The number of rotatable bonds is 7. The average Bonchev–Trinajstić information content (AvgIpc) is 3.29. The van der Waals surface area contributed by atoms with Gasteiger partial charge in [0.1, 0.15) is 6.54 Å². The van der Waals surface area contributed by atoms with Crippen LogP contribution in [-0.4, -0.2) is 33.7 Å². The van der Waals surface area contributed by atoms with Gasteiger partial charge in [-0.1, -0.05) is 69.3 Å². The lowest BCUT2D eigenvalue weighted by atomic mass is 9.86. The Bertz CT molecular complexity index is 1080. The molecule has 0 radical (unpaired) electrons. The highest BCUT2D eigenvalue weighted by atomic mass is 32.1. The van der Waals surface area contributed by atoms with Crippen LogP contribution in [-0.2, 0) is 23.3 Å². The van der Waals surface area contributed by atoms with Crippen molar-refractivity contribution in [3.8, 4) is 0 Å². The fourth-order valence-corrected chi connectivity index (χ4v) is 4.46. The van der Waals surface area contributed by atoms with Gasteiger partial charge in [-0.3, -0.25) is 9.59 Å². The molecule has 2 aromatic carbocycles. The smallest absolute Gasteiger partial charge is 0.254 e. The maximum atomic E-state index is 13.6. The summed E-state index contributed by atoms with van der Waals surface area (Å²) in [5.74, 6) is -0.191. The third-order valence-corrected chi connectivity index (χ3v) is 6.70. The Balaban J connectivity index is 1.83. The van der Waals surface area contributed by atoms with Gasteiger partial charge in [0.2, 0.25) is 5.91 Å². The summed E-state index contributed by atoms with van der Waals surface area (Å²) in [5, 5.41) is 2.02. The first-order valence-corrected chi connectivity index (χ1v) is 12.6. The Hall–Kier alpha value is -2.92. The van der Waals surface area contributed by atoms with E-state index >= 15 is 0 Å². The van der Waals surface area contributed by atoms with Gasteiger partial charge in [0, 0.05) is 22.5 Å². The largest absolute Gasteiger partial charge is 0.332 e. The molecule has 0 aliphatic heterocycles. The molecule has 0 saturated carbocycles. The van der Waals surface area contributed by atoms with Crippen LogP contribution in [0.2, 0.25) is 0 Å². The second-order valence-corrected chi connectivity index (χ2v) is 11.7. The minimum atomic E-state index is -0.503. The molecule has 0 bridgehead atoms. The number of thiophene rings is 1. The quantitative estimate of drug-likeness (QED) is 0.390. The second kappa shape index (κ2) is 10.6. The molecule has 0 spiro atoms. The third-order valence-electron chi connectivity index (χ3n) is 5.84. The fraction of sp³-hybridized carbons (Fsp3) is 0.379. The van der Waals surface area contributed by atoms with Crippen LogP contribution in [0.15, 0.2) is 72.1 Å². The van der Waals surface area contributed by atoms with Gasteiger partial charge in [-0.05, 0) is 60.9 Å². The first kappa shape index (κ1) is 25.7. The predicted octanol–water partition coefficient (Wildman–Crippen LogP) is 6.52. The number of benzene rings is 2. The SMILES string of the molecule is CC(C)(C)c1ccc(C(=O)N(CC(=O)N(Cc2ccccc2)Cc2cccs2)C(C)(C)C)cc1. The number of carbonyl (C=O) groups is 2. The van der Waals surface area contributed by atoms with Crippen molar-refractivity contribution in [3.05, 3.63) is 93.7 Å². The van der Waals surface area contributed by atoms with Gasteiger partial charge < -0.3 is 9.80 Å². The molecule has 0 saturated heterocycles. The van der Waals surface area contributed by atoms with Crippen molar-refractivity contribution in [2.24, 2.45) is 0 Å². The van der Waals surface area contributed by atoms with Gasteiger partial charge in [0.15, 0.2) is 0 Å². The predicted molar refractivity (Wildman–Crippen MR) is 141 cm³/mol. The molecule has 0 atom stereocenters. The van der Waals surface area contributed by atoms with E-state index in [0.717, 1.165) is 10.4 Å². The number of nitrogens with zero attached hydrogens (tertiary/aromatic N) is 2. The monoisotopic (exact) mass is 476 g/mol. The van der Waals surface area contributed by atoms with E-state index in [9.17, 15) is 9.59 Å². The number of amides is 2. The lowest BCUT2D eigenvalue weighted by molar-refractivity contribution is -0.134. The van der Waals surface area contributed by atoms with Gasteiger partial charge in [-0.25, -0.2) is 0 Å². The standard InChI is InChI=1S/C29H36N2O2S/c1-28(2,3)24-16-14-23(15-17-24)27(33)31(29(4,5)6)21-26(32)30(20-25-13-10-18-34-25)19-22-11-8-7-9-12-22/h7-18H,19-21H2,1-6H3. The first-order valence-electron chi connectivity index (χ1n) is 11.7. The first-order chi connectivity index (χ1) is 15.9. The topological polar surface area (TPSA) is 40.6 Å². The molecule has 0 aliphatic carbocycles. The van der Waals surface area contributed by atoms with Crippen LogP contribution < -0.4 is 0 Å². The summed E-state index contributed by atoms with van der Waals surface area (Å²) in [6.07, 6.45) is 0. The molecule has 4 nitrogen and oxygen atoms in total. The summed E-state index contributed by atoms with van der Waals surface area (Å²) in [5.41, 5.74) is 2.35. The van der Waals surface area contributed by atoms with E-state index in [0.29, 0.717) is 18.7 Å². The van der Waals surface area contributed by atoms with Crippen LogP contribution in [0.1, 0.15) is 67.9 Å². The Kier molecular flexibility index (Phi) is 7.98. The molecule has 0 N–H and O–H groups in total. The van der Waals surface area contributed by atoms with Crippen LogP contribution in [0.25, 0.3) is 0 Å². The molecular weight excluding hydrogens is 440 g/mol. The normalized spacial score (nSPS) is 11.8. The van der Waals surface area contributed by atoms with E-state index in [1.54, 1.807) is 16.2 Å². The van der Waals surface area contributed by atoms with Gasteiger partial charge >= 0.3 is 0 Å². The molecule has 0 aliphatic rings. The van der Waals surface area contributed by atoms with Gasteiger partial charge in [-0.15, -0.1) is 11.3 Å². The van der Waals surface area contributed by atoms with Crippen molar-refractivity contribution < 1.29 is 9.59 Å². The summed E-state index contributed by atoms with van der Waals surface area (Å²) in [6.45, 7) is 13.4. The van der Waals surface area contributed by atoms with Crippen molar-refractivity contribution in [1.82, 2.24) is 9.80 Å². The lowest BCUT2D eigenvalue weighted by Gasteiger charge is -2.37. The van der Waals surface area contributed by atoms with E-state index in [1.165, 1.54) is 5.56 Å². The summed E-state index contributed by atoms with van der Waals surface area (Å²) in [7, 11) is 0. The van der Waals surface area contributed by atoms with Gasteiger partial charge in [0.25, 0.3) is 5.91 Å². The summed E-state index contributed by atoms with van der Waals surface area (Å²) < 4.78 is 0. The minimum absolute atomic E-state index is 0.0149. The minimum Gasteiger partial charge on any atom is -0.332 e. The van der Waals surface area contributed by atoms with Crippen LogP contribution in [0.4, 0.5) is 0 Å². The second-order valence-electron chi connectivity index (χ2n) is 10.7.